The van der Waals surface area contributed by atoms with Crippen LogP contribution in [0.5, 0.6) is 0 Å². The molecule has 2 N–H and O–H groups in total. The van der Waals surface area contributed by atoms with Gasteiger partial charge in [0.25, 0.3) is 5.91 Å². The van der Waals surface area contributed by atoms with Gasteiger partial charge in [-0.2, -0.15) is 0 Å². The molecule has 15 heavy (non-hydrogen) atoms. The second-order valence-corrected chi connectivity index (χ2v) is 4.92. The highest BCUT2D eigenvalue weighted by atomic mass is 127. The van der Waals surface area contributed by atoms with Gasteiger partial charge < -0.3 is 10.6 Å². The summed E-state index contributed by atoms with van der Waals surface area (Å²) < 4.78 is 1.15. The smallest absolute Gasteiger partial charge is 0.251 e. The second-order valence-electron chi connectivity index (χ2n) is 3.67. The molecule has 80 valence electrons. The fourth-order valence-corrected chi connectivity index (χ4v) is 2.01. The van der Waals surface area contributed by atoms with E-state index in [1.54, 1.807) is 0 Å². The molecule has 3 nitrogen and oxygen atoms in total. The van der Waals surface area contributed by atoms with E-state index in [0.717, 1.165) is 28.6 Å². The molecule has 0 aromatic heterocycles. The molecule has 1 heterocycles. The molecule has 1 aromatic rings. The number of rotatable bonds is 2. The summed E-state index contributed by atoms with van der Waals surface area (Å²) in [4.78, 5) is 11.8. The highest BCUT2D eigenvalue weighted by molar-refractivity contribution is 14.1. The Kier molecular flexibility index (Phi) is 3.58. The van der Waals surface area contributed by atoms with Crippen LogP contribution in [0.4, 0.5) is 0 Å². The average molecular weight is 316 g/mol. The first kappa shape index (κ1) is 10.9. The Morgan fingerprint density at radius 1 is 1.40 bits per heavy atom. The molecule has 0 aliphatic carbocycles. The molecule has 1 aliphatic heterocycles. The van der Waals surface area contributed by atoms with Gasteiger partial charge in [-0.3, -0.25) is 4.79 Å². The van der Waals surface area contributed by atoms with Crippen molar-refractivity contribution in [3.8, 4) is 0 Å². The SMILES string of the molecule is O=C(N[C@@H]1CCNC1)c1ccc(I)cc1. The van der Waals surface area contributed by atoms with Crippen LogP contribution in [0.15, 0.2) is 24.3 Å². The van der Waals surface area contributed by atoms with Crippen molar-refractivity contribution in [3.05, 3.63) is 33.4 Å². The number of amides is 1. The lowest BCUT2D eigenvalue weighted by molar-refractivity contribution is 0.0940. The van der Waals surface area contributed by atoms with Gasteiger partial charge in [0.1, 0.15) is 0 Å². The zero-order valence-electron chi connectivity index (χ0n) is 8.29. The van der Waals surface area contributed by atoms with Crippen LogP contribution in [0.25, 0.3) is 0 Å². The summed E-state index contributed by atoms with van der Waals surface area (Å²) in [6.45, 7) is 1.88. The second kappa shape index (κ2) is 4.94. The van der Waals surface area contributed by atoms with Crippen LogP contribution in [0.2, 0.25) is 0 Å². The van der Waals surface area contributed by atoms with Gasteiger partial charge in [-0.05, 0) is 59.8 Å². The molecule has 0 bridgehead atoms. The summed E-state index contributed by atoms with van der Waals surface area (Å²) in [7, 11) is 0. The Bertz CT molecular complexity index is 344. The van der Waals surface area contributed by atoms with Gasteiger partial charge in [-0.15, -0.1) is 0 Å². The third kappa shape index (κ3) is 2.92. The normalized spacial score (nSPS) is 20.2. The standard InChI is InChI=1S/C11H13IN2O/c12-9-3-1-8(2-4-9)11(15)14-10-5-6-13-7-10/h1-4,10,13H,5-7H2,(H,14,15)/t10-/m1/s1. The van der Waals surface area contributed by atoms with Gasteiger partial charge in [0.05, 0.1) is 0 Å². The topological polar surface area (TPSA) is 41.1 Å². The van der Waals surface area contributed by atoms with E-state index in [9.17, 15) is 4.79 Å². The van der Waals surface area contributed by atoms with E-state index in [2.05, 4.69) is 33.2 Å². The maximum atomic E-state index is 11.8. The maximum Gasteiger partial charge on any atom is 0.251 e. The minimum atomic E-state index is 0.0279. The molecule has 1 aromatic carbocycles. The Balaban J connectivity index is 1.98. The molecule has 0 spiro atoms. The monoisotopic (exact) mass is 316 g/mol. The van der Waals surface area contributed by atoms with E-state index in [-0.39, 0.29) is 11.9 Å². The van der Waals surface area contributed by atoms with Crippen molar-refractivity contribution in [2.24, 2.45) is 0 Å². The molecule has 1 fully saturated rings. The van der Waals surface area contributed by atoms with Crippen molar-refractivity contribution < 1.29 is 4.79 Å². The Hall–Kier alpha value is -0.620. The minimum Gasteiger partial charge on any atom is -0.348 e. The predicted molar refractivity (Wildman–Crippen MR) is 67.9 cm³/mol. The summed E-state index contributed by atoms with van der Waals surface area (Å²) in [5.74, 6) is 0.0279. The Morgan fingerprint density at radius 2 is 2.13 bits per heavy atom. The van der Waals surface area contributed by atoms with E-state index < -0.39 is 0 Å². The van der Waals surface area contributed by atoms with Crippen molar-refractivity contribution in [2.45, 2.75) is 12.5 Å². The van der Waals surface area contributed by atoms with Crippen molar-refractivity contribution in [2.75, 3.05) is 13.1 Å². The van der Waals surface area contributed by atoms with Gasteiger partial charge >= 0.3 is 0 Å². The molecule has 1 atom stereocenters. The van der Waals surface area contributed by atoms with Crippen LogP contribution in [0.3, 0.4) is 0 Å². The predicted octanol–water partition coefficient (Wildman–Crippen LogP) is 1.38. The first-order chi connectivity index (χ1) is 7.25. The first-order valence-corrected chi connectivity index (χ1v) is 6.11. The molecule has 0 radical (unpaired) electrons. The van der Waals surface area contributed by atoms with Gasteiger partial charge in [-0.1, -0.05) is 0 Å². The minimum absolute atomic E-state index is 0.0279. The zero-order chi connectivity index (χ0) is 10.7. The number of halogens is 1. The highest BCUT2D eigenvalue weighted by Crippen LogP contribution is 2.07. The summed E-state index contributed by atoms with van der Waals surface area (Å²) in [6, 6.07) is 7.90. The quantitative estimate of drug-likeness (QED) is 0.810. The van der Waals surface area contributed by atoms with Crippen molar-refractivity contribution in [3.63, 3.8) is 0 Å². The van der Waals surface area contributed by atoms with Gasteiger partial charge in [-0.25, -0.2) is 0 Å². The molecule has 1 amide bonds. The summed E-state index contributed by atoms with van der Waals surface area (Å²) >= 11 is 2.23. The van der Waals surface area contributed by atoms with E-state index in [4.69, 9.17) is 0 Å². The molecule has 4 heteroatoms. The lowest BCUT2D eigenvalue weighted by Crippen LogP contribution is -2.36. The first-order valence-electron chi connectivity index (χ1n) is 5.03. The number of benzene rings is 1. The summed E-state index contributed by atoms with van der Waals surface area (Å²) in [5.41, 5.74) is 0.738. The highest BCUT2D eigenvalue weighted by Gasteiger charge is 2.17. The number of hydrogen-bond acceptors (Lipinski definition) is 2. The lowest BCUT2D eigenvalue weighted by atomic mass is 10.2. The van der Waals surface area contributed by atoms with Crippen molar-refractivity contribution in [1.29, 1.82) is 0 Å². The van der Waals surface area contributed by atoms with Gasteiger partial charge in [0.2, 0.25) is 0 Å². The number of nitrogens with one attached hydrogen (secondary N) is 2. The van der Waals surface area contributed by atoms with Crippen molar-refractivity contribution >= 4 is 28.5 Å². The fraction of sp³-hybridized carbons (Fsp3) is 0.364. The maximum absolute atomic E-state index is 11.8. The molecule has 2 rings (SSSR count). The average Bonchev–Trinajstić information content (AvgIpc) is 2.71. The van der Waals surface area contributed by atoms with E-state index in [0.29, 0.717) is 0 Å². The molecule has 0 unspecified atom stereocenters. The Labute approximate surface area is 103 Å². The largest absolute Gasteiger partial charge is 0.348 e. The van der Waals surface area contributed by atoms with E-state index >= 15 is 0 Å². The zero-order valence-corrected chi connectivity index (χ0v) is 10.5. The lowest BCUT2D eigenvalue weighted by Gasteiger charge is -2.10. The van der Waals surface area contributed by atoms with E-state index in [1.165, 1.54) is 0 Å². The van der Waals surface area contributed by atoms with Crippen LogP contribution < -0.4 is 10.6 Å². The van der Waals surface area contributed by atoms with Crippen LogP contribution >= 0.6 is 22.6 Å². The van der Waals surface area contributed by atoms with Crippen LogP contribution in [-0.4, -0.2) is 25.0 Å². The summed E-state index contributed by atoms with van der Waals surface area (Å²) in [6.07, 6.45) is 1.02. The van der Waals surface area contributed by atoms with Crippen LogP contribution in [-0.2, 0) is 0 Å². The van der Waals surface area contributed by atoms with E-state index in [1.807, 2.05) is 24.3 Å². The fourth-order valence-electron chi connectivity index (χ4n) is 1.65. The molecular weight excluding hydrogens is 303 g/mol. The summed E-state index contributed by atoms with van der Waals surface area (Å²) in [5, 5.41) is 6.23. The number of hydrogen-bond donors (Lipinski definition) is 2. The van der Waals surface area contributed by atoms with Crippen molar-refractivity contribution in [1.82, 2.24) is 10.6 Å². The van der Waals surface area contributed by atoms with Gasteiger partial charge in [0.15, 0.2) is 0 Å². The molecule has 1 aliphatic rings. The number of carbonyl (C=O) groups excluding carboxylic acids is 1. The Morgan fingerprint density at radius 3 is 2.73 bits per heavy atom. The van der Waals surface area contributed by atoms with Crippen LogP contribution in [0, 0.1) is 3.57 Å². The molecule has 1 saturated heterocycles. The molecule has 0 saturated carbocycles. The number of carbonyl (C=O) groups is 1. The third-order valence-electron chi connectivity index (χ3n) is 2.50. The molecular formula is C11H13IN2O. The van der Waals surface area contributed by atoms with Gasteiger partial charge in [0, 0.05) is 21.7 Å². The third-order valence-corrected chi connectivity index (χ3v) is 3.22. The van der Waals surface area contributed by atoms with Crippen LogP contribution in [0.1, 0.15) is 16.8 Å².